The van der Waals surface area contributed by atoms with E-state index >= 15 is 0 Å². The molecule has 2 N–H and O–H groups in total. The Bertz CT molecular complexity index is 816. The zero-order valence-corrected chi connectivity index (χ0v) is 16.2. The molecular weight excluding hydrogens is 414 g/mol. The highest BCUT2D eigenvalue weighted by molar-refractivity contribution is 5.47. The molecule has 0 radical (unpaired) electrons. The molecule has 1 aliphatic rings. The normalized spacial score (nSPS) is 20.1. The Morgan fingerprint density at radius 1 is 0.667 bits per heavy atom. The van der Waals surface area contributed by atoms with Crippen molar-refractivity contribution >= 4 is 11.6 Å². The fourth-order valence-electron chi connectivity index (χ4n) is 3.39. The van der Waals surface area contributed by atoms with Gasteiger partial charge in [0.1, 0.15) is 11.1 Å². The Morgan fingerprint density at radius 3 is 1.30 bits per heavy atom. The van der Waals surface area contributed by atoms with Crippen LogP contribution in [-0.2, 0) is 12.4 Å². The van der Waals surface area contributed by atoms with Gasteiger partial charge in [-0.15, -0.1) is 10.2 Å². The van der Waals surface area contributed by atoms with Gasteiger partial charge in [0.15, 0.2) is 11.6 Å². The number of halogens is 6. The molecule has 0 bridgehead atoms. The summed E-state index contributed by atoms with van der Waals surface area (Å²) in [5.74, 6) is -0.679. The highest BCUT2D eigenvalue weighted by Crippen LogP contribution is 2.36. The second-order valence-corrected chi connectivity index (χ2v) is 7.33. The number of anilines is 2. The number of rotatable bonds is 4. The van der Waals surface area contributed by atoms with Gasteiger partial charge in [-0.1, -0.05) is 0 Å². The van der Waals surface area contributed by atoms with Crippen LogP contribution in [0, 0.1) is 13.8 Å². The minimum absolute atomic E-state index is 0.153. The first-order chi connectivity index (χ1) is 13.9. The molecule has 164 valence electrons. The van der Waals surface area contributed by atoms with E-state index in [9.17, 15) is 26.3 Å². The molecule has 2 heterocycles. The quantitative estimate of drug-likeness (QED) is 0.676. The number of nitrogens with one attached hydrogen (secondary N) is 2. The van der Waals surface area contributed by atoms with Gasteiger partial charge in [0.2, 0.25) is 0 Å². The summed E-state index contributed by atoms with van der Waals surface area (Å²) in [6.45, 7) is 2.85. The Hall–Kier alpha value is -2.66. The highest BCUT2D eigenvalue weighted by atomic mass is 19.4. The number of aryl methyl sites for hydroxylation is 2. The van der Waals surface area contributed by atoms with E-state index in [-0.39, 0.29) is 35.1 Å². The van der Waals surface area contributed by atoms with E-state index in [0.29, 0.717) is 25.7 Å². The van der Waals surface area contributed by atoms with Crippen LogP contribution in [0.2, 0.25) is 0 Å². The van der Waals surface area contributed by atoms with Gasteiger partial charge in [0.05, 0.1) is 11.4 Å². The molecule has 0 spiro atoms. The predicted octanol–water partition coefficient (Wildman–Crippen LogP) is 4.76. The van der Waals surface area contributed by atoms with Crippen LogP contribution < -0.4 is 10.6 Å². The first-order valence-electron chi connectivity index (χ1n) is 9.29. The monoisotopic (exact) mass is 434 g/mol. The maximum absolute atomic E-state index is 13.2. The van der Waals surface area contributed by atoms with Crippen molar-refractivity contribution in [2.24, 2.45) is 0 Å². The van der Waals surface area contributed by atoms with E-state index in [1.807, 2.05) is 0 Å². The van der Waals surface area contributed by atoms with Crippen molar-refractivity contribution in [3.63, 3.8) is 0 Å². The number of hydrogen-bond donors (Lipinski definition) is 2. The van der Waals surface area contributed by atoms with Crippen LogP contribution in [0.25, 0.3) is 0 Å². The summed E-state index contributed by atoms with van der Waals surface area (Å²) in [6.07, 6.45) is -7.34. The summed E-state index contributed by atoms with van der Waals surface area (Å²) >= 11 is 0. The van der Waals surface area contributed by atoms with Crippen molar-refractivity contribution in [1.29, 1.82) is 0 Å². The molecule has 0 atom stereocenters. The first-order valence-corrected chi connectivity index (χ1v) is 9.29. The van der Waals surface area contributed by atoms with Crippen molar-refractivity contribution in [2.45, 2.75) is 64.0 Å². The van der Waals surface area contributed by atoms with Crippen molar-refractivity contribution in [2.75, 3.05) is 10.6 Å². The topological polar surface area (TPSA) is 75.6 Å². The summed E-state index contributed by atoms with van der Waals surface area (Å²) in [4.78, 5) is 0. The Labute approximate surface area is 168 Å². The SMILES string of the molecule is Cc1cc(C(F)(F)F)c(NC2CCC(Nc3nnc(C)cc3C(F)(F)F)CC2)nn1. The van der Waals surface area contributed by atoms with Gasteiger partial charge in [-0.25, -0.2) is 0 Å². The lowest BCUT2D eigenvalue weighted by Gasteiger charge is -2.31. The van der Waals surface area contributed by atoms with Crippen LogP contribution in [0.1, 0.15) is 48.2 Å². The molecule has 0 aliphatic heterocycles. The average molecular weight is 434 g/mol. The maximum atomic E-state index is 13.2. The molecule has 2 aromatic rings. The molecule has 0 unspecified atom stereocenters. The van der Waals surface area contributed by atoms with E-state index in [2.05, 4.69) is 31.0 Å². The minimum atomic E-state index is -4.57. The second kappa shape index (κ2) is 8.23. The largest absolute Gasteiger partial charge is 0.420 e. The molecule has 1 aliphatic carbocycles. The third-order valence-corrected chi connectivity index (χ3v) is 4.85. The van der Waals surface area contributed by atoms with E-state index in [1.165, 1.54) is 13.8 Å². The predicted molar refractivity (Wildman–Crippen MR) is 96.8 cm³/mol. The van der Waals surface area contributed by atoms with Gasteiger partial charge >= 0.3 is 12.4 Å². The van der Waals surface area contributed by atoms with Gasteiger partial charge in [-0.2, -0.15) is 36.5 Å². The van der Waals surface area contributed by atoms with Crippen LogP contribution in [0.5, 0.6) is 0 Å². The molecule has 1 fully saturated rings. The van der Waals surface area contributed by atoms with Crippen LogP contribution in [0.4, 0.5) is 38.0 Å². The van der Waals surface area contributed by atoms with Crippen molar-refractivity contribution < 1.29 is 26.3 Å². The van der Waals surface area contributed by atoms with Crippen LogP contribution in [-0.4, -0.2) is 32.5 Å². The summed E-state index contributed by atoms with van der Waals surface area (Å²) in [7, 11) is 0. The van der Waals surface area contributed by atoms with Gasteiger partial charge in [0, 0.05) is 12.1 Å². The van der Waals surface area contributed by atoms with E-state index in [1.54, 1.807) is 0 Å². The lowest BCUT2D eigenvalue weighted by atomic mass is 9.91. The van der Waals surface area contributed by atoms with Crippen molar-refractivity contribution in [3.8, 4) is 0 Å². The smallest absolute Gasteiger partial charge is 0.365 e. The molecule has 3 rings (SSSR count). The van der Waals surface area contributed by atoms with Crippen molar-refractivity contribution in [1.82, 2.24) is 20.4 Å². The second-order valence-electron chi connectivity index (χ2n) is 7.33. The first kappa shape index (κ1) is 22.0. The number of aromatic nitrogens is 4. The molecular formula is C18H20F6N6. The molecule has 12 heteroatoms. The fraction of sp³-hybridized carbons (Fsp3) is 0.556. The molecule has 30 heavy (non-hydrogen) atoms. The average Bonchev–Trinajstić information content (AvgIpc) is 2.64. The zero-order chi connectivity index (χ0) is 22.1. The van der Waals surface area contributed by atoms with Crippen LogP contribution in [0.3, 0.4) is 0 Å². The molecule has 6 nitrogen and oxygen atoms in total. The number of nitrogens with zero attached hydrogens (tertiary/aromatic N) is 4. The summed E-state index contributed by atoms with van der Waals surface area (Å²) in [5.41, 5.74) is -1.47. The summed E-state index contributed by atoms with van der Waals surface area (Å²) in [6, 6.07) is 1.26. The molecule has 0 aromatic carbocycles. The van der Waals surface area contributed by atoms with E-state index in [0.717, 1.165) is 12.1 Å². The van der Waals surface area contributed by atoms with Crippen molar-refractivity contribution in [3.05, 3.63) is 34.6 Å². The van der Waals surface area contributed by atoms with Crippen LogP contribution >= 0.6 is 0 Å². The van der Waals surface area contributed by atoms with Gasteiger partial charge < -0.3 is 10.6 Å². The summed E-state index contributed by atoms with van der Waals surface area (Å²) < 4.78 is 79.4. The van der Waals surface area contributed by atoms with Crippen LogP contribution in [0.15, 0.2) is 12.1 Å². The standard InChI is InChI=1S/C18H20F6N6/c1-9-7-13(17(19,20)21)15(29-27-9)25-11-3-5-12(6-4-11)26-16-14(18(22,23)24)8-10(2)28-30-16/h7-8,11-12H,3-6H2,1-2H3,(H,25,29)(H,26,30). The van der Waals surface area contributed by atoms with Gasteiger partial charge in [0.25, 0.3) is 0 Å². The Balaban J connectivity index is 1.65. The summed E-state index contributed by atoms with van der Waals surface area (Å²) in [5, 5.41) is 20.2. The zero-order valence-electron chi connectivity index (χ0n) is 16.2. The fourth-order valence-corrected chi connectivity index (χ4v) is 3.39. The van der Waals surface area contributed by atoms with Gasteiger partial charge in [-0.05, 0) is 51.7 Å². The minimum Gasteiger partial charge on any atom is -0.365 e. The highest BCUT2D eigenvalue weighted by Gasteiger charge is 2.37. The lowest BCUT2D eigenvalue weighted by molar-refractivity contribution is -0.138. The maximum Gasteiger partial charge on any atom is 0.420 e. The Morgan fingerprint density at radius 2 is 1.00 bits per heavy atom. The van der Waals surface area contributed by atoms with E-state index < -0.39 is 23.5 Å². The molecule has 2 aromatic heterocycles. The number of alkyl halides is 6. The molecule has 0 amide bonds. The van der Waals surface area contributed by atoms with E-state index in [4.69, 9.17) is 0 Å². The lowest BCUT2D eigenvalue weighted by Crippen LogP contribution is -2.34. The molecule has 1 saturated carbocycles. The number of hydrogen-bond acceptors (Lipinski definition) is 6. The van der Waals surface area contributed by atoms with Gasteiger partial charge in [-0.3, -0.25) is 0 Å². The molecule has 0 saturated heterocycles. The third-order valence-electron chi connectivity index (χ3n) is 4.85. The Kier molecular flexibility index (Phi) is 6.04. The third kappa shape index (κ3) is 5.28.